The Labute approximate surface area is 137 Å². The zero-order valence-electron chi connectivity index (χ0n) is 12.1. The van der Waals surface area contributed by atoms with Crippen LogP contribution in [0.2, 0.25) is 10.0 Å². The van der Waals surface area contributed by atoms with Crippen LogP contribution in [-0.2, 0) is 14.4 Å². The maximum atomic E-state index is 11.9. The molecule has 0 bridgehead atoms. The highest BCUT2D eigenvalue weighted by Gasteiger charge is 2.24. The molecule has 6 nitrogen and oxygen atoms in total. The van der Waals surface area contributed by atoms with Crippen LogP contribution in [0.15, 0.2) is 29.4 Å². The molecule has 8 heteroatoms. The number of halogens is 2. The monoisotopic (exact) mass is 341 g/mol. The van der Waals surface area contributed by atoms with E-state index in [1.807, 2.05) is 0 Å². The molecule has 0 aliphatic rings. The predicted octanol–water partition coefficient (Wildman–Crippen LogP) is 3.15. The number of hydrogen-bond acceptors (Lipinski definition) is 5. The van der Waals surface area contributed by atoms with Crippen molar-refractivity contribution in [1.29, 1.82) is 0 Å². The number of aryl methyl sites for hydroxylation is 1. The topological polar surface area (TPSA) is 65.7 Å². The van der Waals surface area contributed by atoms with Gasteiger partial charge in [-0.2, -0.15) is 5.10 Å². The molecule has 0 spiro atoms. The van der Waals surface area contributed by atoms with Crippen LogP contribution >= 0.6 is 23.2 Å². The summed E-state index contributed by atoms with van der Waals surface area (Å²) >= 11 is 12.2. The van der Waals surface area contributed by atoms with E-state index in [9.17, 15) is 4.79 Å². The van der Waals surface area contributed by atoms with Gasteiger partial charge in [-0.25, -0.2) is 9.48 Å². The van der Waals surface area contributed by atoms with Gasteiger partial charge < -0.3 is 9.57 Å². The lowest BCUT2D eigenvalue weighted by atomic mass is 10.1. The van der Waals surface area contributed by atoms with Crippen LogP contribution in [0.25, 0.3) is 11.3 Å². The van der Waals surface area contributed by atoms with E-state index in [1.54, 1.807) is 31.2 Å². The third-order valence-corrected chi connectivity index (χ3v) is 3.56. The molecule has 0 aliphatic heterocycles. The summed E-state index contributed by atoms with van der Waals surface area (Å²) in [6.07, 6.45) is 0. The Bertz CT molecular complexity index is 724. The minimum Gasteiger partial charge on any atom is -0.463 e. The van der Waals surface area contributed by atoms with E-state index in [4.69, 9.17) is 32.8 Å². The average Bonchev–Trinajstić information content (AvgIpc) is 2.80. The molecule has 1 heterocycles. The van der Waals surface area contributed by atoms with Gasteiger partial charge in [-0.3, -0.25) is 0 Å². The number of aromatic nitrogens is 2. The number of ether oxygens (including phenoxy) is 1. The highest BCUT2D eigenvalue weighted by molar-refractivity contribution is 6.38. The highest BCUT2D eigenvalue weighted by atomic mass is 35.5. The van der Waals surface area contributed by atoms with Crippen molar-refractivity contribution in [3.63, 3.8) is 0 Å². The molecule has 0 amide bonds. The maximum Gasteiger partial charge on any atom is 0.379 e. The van der Waals surface area contributed by atoms with Crippen molar-refractivity contribution < 1.29 is 14.4 Å². The quantitative estimate of drug-likeness (QED) is 0.364. The molecule has 0 saturated carbocycles. The second-order valence-electron chi connectivity index (χ2n) is 4.26. The molecule has 0 unspecified atom stereocenters. The summed E-state index contributed by atoms with van der Waals surface area (Å²) in [6.45, 7) is 1.72. The molecule has 0 fully saturated rings. The van der Waals surface area contributed by atoms with Gasteiger partial charge in [0.15, 0.2) is 0 Å². The zero-order valence-corrected chi connectivity index (χ0v) is 13.6. The van der Waals surface area contributed by atoms with Crippen molar-refractivity contribution in [3.05, 3.63) is 40.0 Å². The third-order valence-electron chi connectivity index (χ3n) is 2.85. The molecule has 1 aromatic heterocycles. The lowest BCUT2D eigenvalue weighted by molar-refractivity contribution is -0.133. The fourth-order valence-electron chi connectivity index (χ4n) is 1.86. The molecular formula is C14H13Cl2N3O3. The van der Waals surface area contributed by atoms with Crippen LogP contribution < -0.4 is 0 Å². The predicted molar refractivity (Wildman–Crippen MR) is 84.3 cm³/mol. The van der Waals surface area contributed by atoms with E-state index in [-0.39, 0.29) is 5.84 Å². The van der Waals surface area contributed by atoms with Crippen LogP contribution in [0, 0.1) is 6.92 Å². The van der Waals surface area contributed by atoms with Crippen molar-refractivity contribution in [2.24, 2.45) is 5.16 Å². The molecule has 1 aromatic carbocycles. The lowest BCUT2D eigenvalue weighted by Crippen LogP contribution is -2.26. The fraction of sp³-hybridized carbons (Fsp3) is 0.214. The van der Waals surface area contributed by atoms with Gasteiger partial charge in [-0.15, -0.1) is 0 Å². The van der Waals surface area contributed by atoms with Gasteiger partial charge in [0.25, 0.3) is 5.84 Å². The van der Waals surface area contributed by atoms with Crippen LogP contribution in [0.4, 0.5) is 0 Å². The first-order valence-corrected chi connectivity index (χ1v) is 6.96. The van der Waals surface area contributed by atoms with Crippen molar-refractivity contribution in [2.45, 2.75) is 6.92 Å². The van der Waals surface area contributed by atoms with Crippen LogP contribution in [0.5, 0.6) is 0 Å². The first-order valence-electron chi connectivity index (χ1n) is 6.20. The molecule has 0 saturated heterocycles. The van der Waals surface area contributed by atoms with Gasteiger partial charge in [-0.05, 0) is 19.1 Å². The fourth-order valence-corrected chi connectivity index (χ4v) is 2.21. The Morgan fingerprint density at radius 1 is 1.23 bits per heavy atom. The summed E-state index contributed by atoms with van der Waals surface area (Å²) < 4.78 is 5.99. The zero-order chi connectivity index (χ0) is 16.3. The smallest absolute Gasteiger partial charge is 0.379 e. The third kappa shape index (κ3) is 3.08. The van der Waals surface area contributed by atoms with E-state index in [0.29, 0.717) is 21.4 Å². The Morgan fingerprint density at radius 3 is 2.41 bits per heavy atom. The molecule has 22 heavy (non-hydrogen) atoms. The molecular weight excluding hydrogens is 329 g/mol. The van der Waals surface area contributed by atoms with Crippen molar-refractivity contribution >= 4 is 35.0 Å². The number of methoxy groups -OCH3 is 1. The van der Waals surface area contributed by atoms with Crippen LogP contribution in [0.1, 0.15) is 5.69 Å². The standard InChI is InChI=1S/C14H13Cl2N3O3/c1-8-11(16)12(9-4-6-10(15)7-5-9)19(17-8)13(18-22-3)14(20)21-2/h4-7H,1-3H3/b18-13+. The summed E-state index contributed by atoms with van der Waals surface area (Å²) in [4.78, 5) is 16.6. The number of esters is 1. The Hall–Kier alpha value is -2.05. The summed E-state index contributed by atoms with van der Waals surface area (Å²) in [5.74, 6) is -0.832. The normalized spacial score (nSPS) is 11.4. The highest BCUT2D eigenvalue weighted by Crippen LogP contribution is 2.31. The van der Waals surface area contributed by atoms with E-state index < -0.39 is 5.97 Å². The summed E-state index contributed by atoms with van der Waals surface area (Å²) in [5, 5.41) is 8.90. The summed E-state index contributed by atoms with van der Waals surface area (Å²) in [5.41, 5.74) is 1.76. The maximum absolute atomic E-state index is 11.9. The van der Waals surface area contributed by atoms with E-state index >= 15 is 0 Å². The first-order chi connectivity index (χ1) is 10.5. The summed E-state index contributed by atoms with van der Waals surface area (Å²) in [6, 6.07) is 6.96. The number of benzene rings is 1. The van der Waals surface area contributed by atoms with Crippen molar-refractivity contribution in [1.82, 2.24) is 9.78 Å². The first kappa shape index (κ1) is 16.3. The van der Waals surface area contributed by atoms with Gasteiger partial charge in [0, 0.05) is 10.6 Å². The lowest BCUT2D eigenvalue weighted by Gasteiger charge is -2.08. The van der Waals surface area contributed by atoms with E-state index in [1.165, 1.54) is 18.9 Å². The Morgan fingerprint density at radius 2 is 1.86 bits per heavy atom. The second kappa shape index (κ2) is 6.81. The van der Waals surface area contributed by atoms with E-state index in [0.717, 1.165) is 5.56 Å². The van der Waals surface area contributed by atoms with Gasteiger partial charge >= 0.3 is 5.97 Å². The molecule has 0 radical (unpaired) electrons. The summed E-state index contributed by atoms with van der Waals surface area (Å²) in [7, 11) is 2.57. The van der Waals surface area contributed by atoms with Gasteiger partial charge in [0.2, 0.25) is 0 Å². The van der Waals surface area contributed by atoms with Gasteiger partial charge in [-0.1, -0.05) is 40.5 Å². The molecule has 2 aromatic rings. The number of nitrogens with zero attached hydrogens (tertiary/aromatic N) is 3. The molecule has 116 valence electrons. The number of carbonyl (C=O) groups is 1. The van der Waals surface area contributed by atoms with Crippen molar-refractivity contribution in [3.8, 4) is 11.3 Å². The largest absolute Gasteiger partial charge is 0.463 e. The number of rotatable bonds is 2. The molecule has 0 N–H and O–H groups in total. The molecule has 2 rings (SSSR count). The minimum atomic E-state index is -0.698. The molecule has 0 atom stereocenters. The molecule has 0 aliphatic carbocycles. The second-order valence-corrected chi connectivity index (χ2v) is 5.07. The van der Waals surface area contributed by atoms with Gasteiger partial charge in [0.1, 0.15) is 7.11 Å². The van der Waals surface area contributed by atoms with Crippen molar-refractivity contribution in [2.75, 3.05) is 14.2 Å². The Balaban J connectivity index is 2.67. The SMILES string of the molecule is CO/N=C(\C(=O)OC)n1nc(C)c(Cl)c1-c1ccc(Cl)cc1. The van der Waals surface area contributed by atoms with Crippen LogP contribution in [0.3, 0.4) is 0 Å². The van der Waals surface area contributed by atoms with E-state index in [2.05, 4.69) is 10.3 Å². The van der Waals surface area contributed by atoms with Gasteiger partial charge in [0.05, 0.1) is 23.5 Å². The van der Waals surface area contributed by atoms with Crippen LogP contribution in [-0.4, -0.2) is 35.8 Å². The number of oxime groups is 1. The number of carbonyl (C=O) groups excluding carboxylic acids is 1. The minimum absolute atomic E-state index is 0.134. The average molecular weight is 342 g/mol. The Kier molecular flexibility index (Phi) is 5.05. The number of hydrogen-bond donors (Lipinski definition) is 0.